The number of carbonyl (C=O) groups excluding carboxylic acids is 1. The van der Waals surface area contributed by atoms with Crippen LogP contribution >= 0.6 is 11.3 Å². The number of fused-ring (bicyclic) bond motifs is 1. The van der Waals surface area contributed by atoms with Gasteiger partial charge >= 0.3 is 5.97 Å². The van der Waals surface area contributed by atoms with Crippen LogP contribution in [0.25, 0.3) is 21.3 Å². The molecule has 3 rings (SSSR count). The van der Waals surface area contributed by atoms with E-state index in [1.165, 1.54) is 22.2 Å². The monoisotopic (exact) mass is 386 g/mol. The molecule has 0 aliphatic heterocycles. The first-order chi connectivity index (χ1) is 13.0. The molecule has 0 N–H and O–H groups in total. The smallest absolute Gasteiger partial charge is 0.326 e. The summed E-state index contributed by atoms with van der Waals surface area (Å²) in [6.45, 7) is 6.63. The van der Waals surface area contributed by atoms with Gasteiger partial charge in [-0.15, -0.1) is 11.3 Å². The highest BCUT2D eigenvalue weighted by molar-refractivity contribution is 7.19. The minimum absolute atomic E-state index is 0.139. The van der Waals surface area contributed by atoms with Gasteiger partial charge in [0.1, 0.15) is 17.1 Å². The van der Waals surface area contributed by atoms with Crippen molar-refractivity contribution in [2.24, 2.45) is 0 Å². The lowest BCUT2D eigenvalue weighted by Crippen LogP contribution is -2.25. The molecule has 0 aliphatic rings. The lowest BCUT2D eigenvalue weighted by molar-refractivity contribution is -0.144. The van der Waals surface area contributed by atoms with Crippen LogP contribution in [0.4, 0.5) is 0 Å². The van der Waals surface area contributed by atoms with E-state index in [2.05, 4.69) is 4.98 Å². The molecular formula is C20H22N2O4S. The Morgan fingerprint density at radius 3 is 2.63 bits per heavy atom. The number of esters is 1. The number of hydrogen-bond donors (Lipinski definition) is 0. The van der Waals surface area contributed by atoms with E-state index >= 15 is 0 Å². The Bertz CT molecular complexity index is 1010. The van der Waals surface area contributed by atoms with Gasteiger partial charge in [-0.05, 0) is 38.0 Å². The van der Waals surface area contributed by atoms with Gasteiger partial charge in [-0.2, -0.15) is 0 Å². The fourth-order valence-corrected chi connectivity index (χ4v) is 3.89. The van der Waals surface area contributed by atoms with Crippen molar-refractivity contribution in [3.63, 3.8) is 0 Å². The molecule has 0 saturated carbocycles. The quantitative estimate of drug-likeness (QED) is 0.578. The van der Waals surface area contributed by atoms with E-state index in [0.717, 1.165) is 28.2 Å². The number of thiophene rings is 1. The maximum atomic E-state index is 13.0. The zero-order chi connectivity index (χ0) is 19.4. The van der Waals surface area contributed by atoms with Gasteiger partial charge in [0.2, 0.25) is 0 Å². The molecule has 6 nitrogen and oxygen atoms in total. The maximum Gasteiger partial charge on any atom is 0.326 e. The molecule has 0 amide bonds. The van der Waals surface area contributed by atoms with Crippen molar-refractivity contribution in [3.8, 4) is 16.9 Å². The first-order valence-corrected chi connectivity index (χ1v) is 9.74. The number of benzene rings is 1. The fraction of sp³-hybridized carbons (Fsp3) is 0.350. The van der Waals surface area contributed by atoms with Gasteiger partial charge in [-0.25, -0.2) is 4.98 Å². The molecule has 0 unspecified atom stereocenters. The Labute approximate surface area is 161 Å². The van der Waals surface area contributed by atoms with Gasteiger partial charge in [-0.1, -0.05) is 19.1 Å². The normalized spacial score (nSPS) is 10.9. The topological polar surface area (TPSA) is 70.4 Å². The number of ether oxygens (including phenoxy) is 2. The second-order valence-corrected chi connectivity index (χ2v) is 7.27. The highest BCUT2D eigenvalue weighted by Gasteiger charge is 2.18. The molecule has 0 radical (unpaired) electrons. The average Bonchev–Trinajstić information content (AvgIpc) is 3.00. The van der Waals surface area contributed by atoms with Crippen LogP contribution in [0.2, 0.25) is 0 Å². The van der Waals surface area contributed by atoms with Gasteiger partial charge < -0.3 is 9.47 Å². The minimum Gasteiger partial charge on any atom is -0.494 e. The zero-order valence-corrected chi connectivity index (χ0v) is 16.5. The Hall–Kier alpha value is -2.67. The molecule has 0 fully saturated rings. The largest absolute Gasteiger partial charge is 0.494 e. The van der Waals surface area contributed by atoms with Gasteiger partial charge in [-0.3, -0.25) is 14.2 Å². The standard InChI is InChI=1S/C20H22N2O4S/c1-4-10-26-16(23)11-22-12-21-19-18(20(22)24)17(13(3)27-19)14-6-8-15(9-7-14)25-5-2/h6-9,12H,4-5,10-11H2,1-3H3. The molecule has 2 aromatic heterocycles. The van der Waals surface area contributed by atoms with Gasteiger partial charge in [0.25, 0.3) is 5.56 Å². The van der Waals surface area contributed by atoms with Crippen LogP contribution in [0.1, 0.15) is 25.1 Å². The lowest BCUT2D eigenvalue weighted by atomic mass is 10.0. The van der Waals surface area contributed by atoms with Gasteiger partial charge in [0, 0.05) is 10.4 Å². The average molecular weight is 386 g/mol. The number of aryl methyl sites for hydroxylation is 1. The summed E-state index contributed by atoms with van der Waals surface area (Å²) >= 11 is 1.47. The number of hydrogen-bond acceptors (Lipinski definition) is 6. The third-order valence-electron chi connectivity index (χ3n) is 4.08. The lowest BCUT2D eigenvalue weighted by Gasteiger charge is -2.08. The van der Waals surface area contributed by atoms with Gasteiger partial charge in [0.05, 0.1) is 24.9 Å². The molecule has 142 valence electrons. The Kier molecular flexibility index (Phi) is 5.91. The summed E-state index contributed by atoms with van der Waals surface area (Å²) in [5, 5.41) is 0.535. The second-order valence-electron chi connectivity index (χ2n) is 6.07. The molecule has 0 atom stereocenters. The third-order valence-corrected chi connectivity index (χ3v) is 5.09. The Morgan fingerprint density at radius 2 is 1.96 bits per heavy atom. The Balaban J connectivity index is 2.03. The van der Waals surface area contributed by atoms with Crippen molar-refractivity contribution >= 4 is 27.5 Å². The number of rotatable bonds is 7. The third kappa shape index (κ3) is 4.03. The number of nitrogens with zero attached hydrogens (tertiary/aromatic N) is 2. The summed E-state index contributed by atoms with van der Waals surface area (Å²) in [7, 11) is 0. The van der Waals surface area contributed by atoms with E-state index < -0.39 is 5.97 Å². The molecule has 0 saturated heterocycles. The summed E-state index contributed by atoms with van der Waals surface area (Å²) in [5.74, 6) is 0.349. The molecule has 0 aliphatic carbocycles. The van der Waals surface area contributed by atoms with Crippen molar-refractivity contribution < 1.29 is 14.3 Å². The van der Waals surface area contributed by atoms with E-state index in [1.54, 1.807) is 0 Å². The Morgan fingerprint density at radius 1 is 1.22 bits per heavy atom. The molecule has 27 heavy (non-hydrogen) atoms. The first kappa shape index (κ1) is 19.1. The SMILES string of the molecule is CCCOC(=O)Cn1cnc2sc(C)c(-c3ccc(OCC)cc3)c2c1=O. The summed E-state index contributed by atoms with van der Waals surface area (Å²) < 4.78 is 11.9. The molecule has 1 aromatic carbocycles. The first-order valence-electron chi connectivity index (χ1n) is 8.92. The summed E-state index contributed by atoms with van der Waals surface area (Å²) in [6, 6.07) is 7.65. The van der Waals surface area contributed by atoms with Crippen molar-refractivity contribution in [2.45, 2.75) is 33.7 Å². The maximum absolute atomic E-state index is 13.0. The molecule has 0 spiro atoms. The number of carbonyl (C=O) groups is 1. The molecule has 7 heteroatoms. The van der Waals surface area contributed by atoms with Crippen molar-refractivity contribution in [2.75, 3.05) is 13.2 Å². The predicted octanol–water partition coefficient (Wildman–Crippen LogP) is 3.79. The highest BCUT2D eigenvalue weighted by Crippen LogP contribution is 2.36. The van der Waals surface area contributed by atoms with E-state index in [1.807, 2.05) is 45.0 Å². The van der Waals surface area contributed by atoms with E-state index in [-0.39, 0.29) is 12.1 Å². The van der Waals surface area contributed by atoms with Crippen molar-refractivity contribution in [1.82, 2.24) is 9.55 Å². The van der Waals surface area contributed by atoms with Crippen LogP contribution < -0.4 is 10.3 Å². The molecule has 2 heterocycles. The van der Waals surface area contributed by atoms with Crippen LogP contribution in [0, 0.1) is 6.92 Å². The van der Waals surface area contributed by atoms with Crippen LogP contribution in [-0.2, 0) is 16.1 Å². The highest BCUT2D eigenvalue weighted by atomic mass is 32.1. The van der Waals surface area contributed by atoms with Crippen molar-refractivity contribution in [3.05, 3.63) is 45.8 Å². The van der Waals surface area contributed by atoms with Gasteiger partial charge in [0.15, 0.2) is 0 Å². The molecular weight excluding hydrogens is 364 g/mol. The van der Waals surface area contributed by atoms with Crippen molar-refractivity contribution in [1.29, 1.82) is 0 Å². The van der Waals surface area contributed by atoms with Crippen LogP contribution in [-0.4, -0.2) is 28.7 Å². The second kappa shape index (κ2) is 8.35. The summed E-state index contributed by atoms with van der Waals surface area (Å²) in [6.07, 6.45) is 2.15. The fourth-order valence-electron chi connectivity index (χ4n) is 2.88. The number of aromatic nitrogens is 2. The summed E-state index contributed by atoms with van der Waals surface area (Å²) in [4.78, 5) is 31.0. The van der Waals surface area contributed by atoms with Crippen LogP contribution in [0.3, 0.4) is 0 Å². The van der Waals surface area contributed by atoms with E-state index in [0.29, 0.717) is 23.4 Å². The van der Waals surface area contributed by atoms with E-state index in [4.69, 9.17) is 9.47 Å². The predicted molar refractivity (Wildman–Crippen MR) is 106 cm³/mol. The van der Waals surface area contributed by atoms with Crippen LogP contribution in [0.15, 0.2) is 35.4 Å². The van der Waals surface area contributed by atoms with E-state index in [9.17, 15) is 9.59 Å². The zero-order valence-electron chi connectivity index (χ0n) is 15.7. The minimum atomic E-state index is -0.435. The molecule has 3 aromatic rings. The summed E-state index contributed by atoms with van der Waals surface area (Å²) in [5.41, 5.74) is 1.54. The molecule has 0 bridgehead atoms. The van der Waals surface area contributed by atoms with Crippen LogP contribution in [0.5, 0.6) is 5.75 Å².